The Bertz CT molecular complexity index is 1290. The van der Waals surface area contributed by atoms with Crippen LogP contribution in [0, 0.1) is 5.92 Å². The molecule has 4 rings (SSSR count). The van der Waals surface area contributed by atoms with Crippen LogP contribution in [0.2, 0.25) is 0 Å². The average molecular weight is 508 g/mol. The molecule has 8 heteroatoms. The van der Waals surface area contributed by atoms with E-state index in [1.807, 2.05) is 42.5 Å². The predicted molar refractivity (Wildman–Crippen MR) is 134 cm³/mol. The monoisotopic (exact) mass is 507 g/mol. The van der Waals surface area contributed by atoms with Gasteiger partial charge in [0.15, 0.2) is 5.65 Å². The minimum absolute atomic E-state index is 0.0263. The molecule has 0 saturated heterocycles. The van der Waals surface area contributed by atoms with Crippen molar-refractivity contribution < 1.29 is 9.90 Å². The molecule has 2 heterocycles. The Morgan fingerprint density at radius 3 is 2.76 bits per heavy atom. The van der Waals surface area contributed by atoms with Gasteiger partial charge in [-0.25, -0.2) is 4.98 Å². The van der Waals surface area contributed by atoms with Gasteiger partial charge in [0.1, 0.15) is 11.6 Å². The largest absolute Gasteiger partial charge is 0.507 e. The van der Waals surface area contributed by atoms with E-state index in [0.29, 0.717) is 35.8 Å². The number of nitrogens with zero attached hydrogens (tertiary/aromatic N) is 3. The number of nitrogens with one attached hydrogen (secondary N) is 2. The van der Waals surface area contributed by atoms with Crippen LogP contribution >= 0.6 is 15.9 Å². The first kappa shape index (κ1) is 22.8. The number of benzene rings is 2. The molecule has 0 radical (unpaired) electrons. The van der Waals surface area contributed by atoms with Crippen molar-refractivity contribution in [2.45, 2.75) is 33.2 Å². The zero-order valence-electron chi connectivity index (χ0n) is 18.5. The highest BCUT2D eigenvalue weighted by molar-refractivity contribution is 9.10. The number of aromatic hydroxyl groups is 1. The number of rotatable bonds is 8. The van der Waals surface area contributed by atoms with Crippen molar-refractivity contribution in [2.75, 3.05) is 10.6 Å². The van der Waals surface area contributed by atoms with E-state index in [9.17, 15) is 9.90 Å². The molecule has 0 saturated carbocycles. The van der Waals surface area contributed by atoms with Gasteiger partial charge in [0.05, 0.1) is 16.4 Å². The quantitative estimate of drug-likeness (QED) is 0.278. The highest BCUT2D eigenvalue weighted by Crippen LogP contribution is 2.31. The molecule has 2 aromatic heterocycles. The molecule has 0 bridgehead atoms. The molecular formula is C25H26BrN5O2. The van der Waals surface area contributed by atoms with Gasteiger partial charge in [-0.1, -0.05) is 38.1 Å². The summed E-state index contributed by atoms with van der Waals surface area (Å²) in [5.74, 6) is 1.42. The molecule has 0 aliphatic heterocycles. The van der Waals surface area contributed by atoms with Crippen LogP contribution in [0.1, 0.15) is 32.3 Å². The molecule has 0 atom stereocenters. The lowest BCUT2D eigenvalue weighted by Gasteiger charge is -2.13. The summed E-state index contributed by atoms with van der Waals surface area (Å²) in [6.07, 6.45) is 3.07. The zero-order chi connectivity index (χ0) is 23.4. The van der Waals surface area contributed by atoms with Crippen molar-refractivity contribution >= 4 is 39.0 Å². The predicted octanol–water partition coefficient (Wildman–Crippen LogP) is 5.85. The van der Waals surface area contributed by atoms with E-state index in [1.165, 1.54) is 0 Å². The van der Waals surface area contributed by atoms with Crippen LogP contribution < -0.4 is 10.6 Å². The molecule has 0 spiro atoms. The highest BCUT2D eigenvalue weighted by Gasteiger charge is 2.13. The number of carbonyl (C=O) groups excluding carboxylic acids is 1. The summed E-state index contributed by atoms with van der Waals surface area (Å²) < 4.78 is 2.47. The number of phenols is 1. The summed E-state index contributed by atoms with van der Waals surface area (Å²) in [6, 6.07) is 16.7. The second-order valence-electron chi connectivity index (χ2n) is 8.31. The van der Waals surface area contributed by atoms with Gasteiger partial charge in [0, 0.05) is 30.3 Å². The maximum absolute atomic E-state index is 12.2. The van der Waals surface area contributed by atoms with E-state index in [0.717, 1.165) is 28.0 Å². The van der Waals surface area contributed by atoms with E-state index in [1.54, 1.807) is 22.8 Å². The van der Waals surface area contributed by atoms with E-state index in [2.05, 4.69) is 50.5 Å². The summed E-state index contributed by atoms with van der Waals surface area (Å²) in [5.41, 5.74) is 3.71. The Morgan fingerprint density at radius 1 is 1.15 bits per heavy atom. The summed E-state index contributed by atoms with van der Waals surface area (Å²) in [6.45, 7) is 4.74. The third-order valence-electron chi connectivity index (χ3n) is 5.24. The van der Waals surface area contributed by atoms with Gasteiger partial charge in [-0.3, -0.25) is 4.79 Å². The van der Waals surface area contributed by atoms with Gasteiger partial charge < -0.3 is 15.7 Å². The second-order valence-corrected chi connectivity index (χ2v) is 9.16. The summed E-state index contributed by atoms with van der Waals surface area (Å²) in [7, 11) is 0. The minimum atomic E-state index is 0.0263. The number of anilines is 2. The SMILES string of the molecule is CC(C)CCC(=O)Nc1cccc(CNc2cc(-c3ccccc3O)nc3c(Br)cnn23)c1. The smallest absolute Gasteiger partial charge is 0.224 e. The number of aromatic nitrogens is 3. The summed E-state index contributed by atoms with van der Waals surface area (Å²) in [4.78, 5) is 16.8. The van der Waals surface area contributed by atoms with Gasteiger partial charge >= 0.3 is 0 Å². The van der Waals surface area contributed by atoms with Crippen LogP contribution in [-0.2, 0) is 11.3 Å². The van der Waals surface area contributed by atoms with Crippen molar-refractivity contribution in [1.82, 2.24) is 14.6 Å². The molecule has 2 aromatic carbocycles. The third-order valence-corrected chi connectivity index (χ3v) is 5.80. The molecule has 0 fully saturated rings. The van der Waals surface area contributed by atoms with Crippen molar-refractivity contribution in [3.05, 3.63) is 70.8 Å². The molecule has 7 nitrogen and oxygen atoms in total. The number of amides is 1. The van der Waals surface area contributed by atoms with Crippen molar-refractivity contribution in [1.29, 1.82) is 0 Å². The number of fused-ring (bicyclic) bond motifs is 1. The van der Waals surface area contributed by atoms with Crippen LogP contribution in [0.5, 0.6) is 5.75 Å². The Kier molecular flexibility index (Phi) is 6.93. The number of halogens is 1. The second kappa shape index (κ2) is 10.0. The Morgan fingerprint density at radius 2 is 1.97 bits per heavy atom. The number of para-hydroxylation sites is 1. The topological polar surface area (TPSA) is 91.5 Å². The lowest BCUT2D eigenvalue weighted by atomic mass is 10.1. The van der Waals surface area contributed by atoms with Gasteiger partial charge in [-0.2, -0.15) is 9.61 Å². The van der Waals surface area contributed by atoms with E-state index in [4.69, 9.17) is 0 Å². The fourth-order valence-corrected chi connectivity index (χ4v) is 3.83. The fraction of sp³-hybridized carbons (Fsp3) is 0.240. The first-order valence-corrected chi connectivity index (χ1v) is 11.7. The number of hydrogen-bond acceptors (Lipinski definition) is 5. The van der Waals surface area contributed by atoms with E-state index >= 15 is 0 Å². The van der Waals surface area contributed by atoms with Gasteiger partial charge in [0.25, 0.3) is 0 Å². The van der Waals surface area contributed by atoms with E-state index in [-0.39, 0.29) is 11.7 Å². The van der Waals surface area contributed by atoms with Crippen LogP contribution in [0.15, 0.2) is 65.3 Å². The molecule has 1 amide bonds. The van der Waals surface area contributed by atoms with Gasteiger partial charge in [-0.05, 0) is 58.1 Å². The van der Waals surface area contributed by atoms with Crippen molar-refractivity contribution in [3.63, 3.8) is 0 Å². The van der Waals surface area contributed by atoms with Crippen molar-refractivity contribution in [3.8, 4) is 17.0 Å². The standard InChI is InChI=1S/C25H26BrN5O2/c1-16(2)10-11-24(33)29-18-7-5-6-17(12-18)14-27-23-13-21(19-8-3-4-9-22(19)32)30-25-20(26)15-28-31(23)25/h3-9,12-13,15-16,27,32H,10-11,14H2,1-2H3,(H,29,33). The van der Waals surface area contributed by atoms with E-state index < -0.39 is 0 Å². The fourth-order valence-electron chi connectivity index (χ4n) is 3.49. The first-order valence-electron chi connectivity index (χ1n) is 10.9. The molecular weight excluding hydrogens is 482 g/mol. The molecule has 170 valence electrons. The lowest BCUT2D eigenvalue weighted by molar-refractivity contribution is -0.116. The third kappa shape index (κ3) is 5.51. The number of hydrogen-bond donors (Lipinski definition) is 3. The number of carbonyl (C=O) groups is 1. The zero-order valence-corrected chi connectivity index (χ0v) is 20.1. The van der Waals surface area contributed by atoms with Crippen molar-refractivity contribution in [2.24, 2.45) is 5.92 Å². The van der Waals surface area contributed by atoms with Crippen LogP contribution in [0.3, 0.4) is 0 Å². The normalized spacial score (nSPS) is 11.2. The number of phenolic OH excluding ortho intramolecular Hbond substituents is 1. The Labute approximate surface area is 201 Å². The molecule has 33 heavy (non-hydrogen) atoms. The highest BCUT2D eigenvalue weighted by atomic mass is 79.9. The molecule has 0 aliphatic carbocycles. The lowest BCUT2D eigenvalue weighted by Crippen LogP contribution is -2.12. The van der Waals surface area contributed by atoms with Crippen LogP contribution in [0.25, 0.3) is 16.9 Å². The Balaban J connectivity index is 1.55. The minimum Gasteiger partial charge on any atom is -0.507 e. The molecule has 4 aromatic rings. The van der Waals surface area contributed by atoms with Gasteiger partial charge in [0.2, 0.25) is 5.91 Å². The average Bonchev–Trinajstić information content (AvgIpc) is 3.17. The summed E-state index contributed by atoms with van der Waals surface area (Å²) >= 11 is 3.50. The maximum atomic E-state index is 12.2. The molecule has 3 N–H and O–H groups in total. The molecule has 0 unspecified atom stereocenters. The summed E-state index contributed by atoms with van der Waals surface area (Å²) in [5, 5.41) is 21.1. The van der Waals surface area contributed by atoms with Crippen LogP contribution in [0.4, 0.5) is 11.5 Å². The van der Waals surface area contributed by atoms with Gasteiger partial charge in [-0.15, -0.1) is 0 Å². The maximum Gasteiger partial charge on any atom is 0.224 e. The molecule has 0 aliphatic rings. The van der Waals surface area contributed by atoms with Crippen LogP contribution in [-0.4, -0.2) is 25.6 Å². The Hall–Kier alpha value is -3.39. The first-order chi connectivity index (χ1) is 15.9.